The van der Waals surface area contributed by atoms with Gasteiger partial charge in [-0.25, -0.2) is 9.18 Å². The molecule has 1 heterocycles. The number of hydrogen-bond acceptors (Lipinski definition) is 5. The summed E-state index contributed by atoms with van der Waals surface area (Å²) in [4.78, 5) is 24.2. The van der Waals surface area contributed by atoms with Crippen LogP contribution in [0, 0.1) is 0 Å². The van der Waals surface area contributed by atoms with Crippen LogP contribution in [0.2, 0.25) is 0 Å². The first-order valence-corrected chi connectivity index (χ1v) is 5.31. The number of rotatable bonds is 6. The van der Waals surface area contributed by atoms with E-state index in [1.807, 2.05) is 4.98 Å². The largest absolute Gasteiger partial charge is 0.394 e. The second kappa shape index (κ2) is 6.43. The number of nitrogens with zero attached hydrogens (tertiary/aromatic N) is 1. The lowest BCUT2D eigenvalue weighted by atomic mass is 10.2. The Morgan fingerprint density at radius 1 is 1.56 bits per heavy atom. The predicted molar refractivity (Wildman–Crippen MR) is 60.0 cm³/mol. The highest BCUT2D eigenvalue weighted by Gasteiger charge is 2.22. The second-order valence-corrected chi connectivity index (χ2v) is 3.72. The lowest BCUT2D eigenvalue weighted by molar-refractivity contribution is -0.126. The van der Waals surface area contributed by atoms with E-state index in [0.29, 0.717) is 0 Å². The molecule has 102 valence electrons. The number of H-pyrrole nitrogens is 1. The van der Waals surface area contributed by atoms with Crippen molar-refractivity contribution in [1.29, 1.82) is 0 Å². The van der Waals surface area contributed by atoms with Gasteiger partial charge in [0, 0.05) is 12.3 Å². The van der Waals surface area contributed by atoms with Crippen molar-refractivity contribution in [3.63, 3.8) is 0 Å². The van der Waals surface area contributed by atoms with Gasteiger partial charge in [0.15, 0.2) is 6.23 Å². The number of halogens is 1. The van der Waals surface area contributed by atoms with Crippen LogP contribution in [-0.2, 0) is 4.74 Å². The van der Waals surface area contributed by atoms with E-state index in [4.69, 9.17) is 9.84 Å². The van der Waals surface area contributed by atoms with Crippen LogP contribution in [0.1, 0.15) is 13.2 Å². The minimum Gasteiger partial charge on any atom is -0.394 e. The molecule has 0 aromatic carbocycles. The van der Waals surface area contributed by atoms with E-state index in [2.05, 4.69) is 0 Å². The first kappa shape index (κ1) is 14.6. The van der Waals surface area contributed by atoms with E-state index in [9.17, 15) is 19.1 Å². The molecule has 1 rings (SSSR count). The van der Waals surface area contributed by atoms with Crippen molar-refractivity contribution in [1.82, 2.24) is 9.55 Å². The van der Waals surface area contributed by atoms with Gasteiger partial charge in [0.1, 0.15) is 12.8 Å². The Morgan fingerprint density at radius 3 is 2.67 bits per heavy atom. The average molecular weight is 262 g/mol. The zero-order valence-electron chi connectivity index (χ0n) is 9.75. The molecule has 3 N–H and O–H groups in total. The molecular formula is C10H15FN2O5. The van der Waals surface area contributed by atoms with E-state index < -0.39 is 43.0 Å². The van der Waals surface area contributed by atoms with Crippen LogP contribution in [0.5, 0.6) is 0 Å². The molecule has 0 radical (unpaired) electrons. The fourth-order valence-electron chi connectivity index (χ4n) is 1.34. The van der Waals surface area contributed by atoms with Gasteiger partial charge < -0.3 is 14.9 Å². The van der Waals surface area contributed by atoms with Crippen molar-refractivity contribution in [3.8, 4) is 0 Å². The van der Waals surface area contributed by atoms with Crippen LogP contribution >= 0.6 is 0 Å². The molecule has 0 saturated carbocycles. The van der Waals surface area contributed by atoms with Crippen LogP contribution in [0.25, 0.3) is 0 Å². The summed E-state index contributed by atoms with van der Waals surface area (Å²) < 4.78 is 18.8. The summed E-state index contributed by atoms with van der Waals surface area (Å²) >= 11 is 0. The predicted octanol–water partition coefficient (Wildman–Crippen LogP) is -1.24. The molecule has 0 aliphatic carbocycles. The van der Waals surface area contributed by atoms with Crippen molar-refractivity contribution in [2.24, 2.45) is 0 Å². The zero-order valence-corrected chi connectivity index (χ0v) is 9.75. The number of alkyl halides is 1. The molecule has 0 fully saturated rings. The quantitative estimate of drug-likeness (QED) is 0.595. The third-order valence-electron chi connectivity index (χ3n) is 2.34. The number of aromatic nitrogens is 2. The van der Waals surface area contributed by atoms with Gasteiger partial charge in [-0.15, -0.1) is 0 Å². The van der Waals surface area contributed by atoms with Crippen LogP contribution in [0.3, 0.4) is 0 Å². The van der Waals surface area contributed by atoms with Crippen LogP contribution in [0.4, 0.5) is 4.39 Å². The van der Waals surface area contributed by atoms with E-state index in [0.717, 1.165) is 16.8 Å². The topological polar surface area (TPSA) is 105 Å². The summed E-state index contributed by atoms with van der Waals surface area (Å²) in [5.74, 6) is 0. The van der Waals surface area contributed by atoms with Gasteiger partial charge in [-0.2, -0.15) is 0 Å². The fourth-order valence-corrected chi connectivity index (χ4v) is 1.34. The molecule has 18 heavy (non-hydrogen) atoms. The average Bonchev–Trinajstić information content (AvgIpc) is 2.31. The van der Waals surface area contributed by atoms with E-state index in [-0.39, 0.29) is 0 Å². The fraction of sp³-hybridized carbons (Fsp3) is 0.600. The molecule has 1 unspecified atom stereocenters. The summed E-state index contributed by atoms with van der Waals surface area (Å²) in [7, 11) is 0. The highest BCUT2D eigenvalue weighted by atomic mass is 19.1. The first-order valence-electron chi connectivity index (χ1n) is 5.31. The molecule has 0 bridgehead atoms. The zero-order chi connectivity index (χ0) is 13.7. The third-order valence-corrected chi connectivity index (χ3v) is 2.34. The van der Waals surface area contributed by atoms with Gasteiger partial charge >= 0.3 is 5.69 Å². The van der Waals surface area contributed by atoms with Crippen molar-refractivity contribution in [2.75, 3.05) is 13.3 Å². The Labute approximate surface area is 101 Å². The van der Waals surface area contributed by atoms with E-state index >= 15 is 0 Å². The number of aliphatic hydroxyl groups is 2. The first-order chi connectivity index (χ1) is 8.49. The maximum absolute atomic E-state index is 12.8. The standard InChI is InChI=1S/C10H15FN2O5/c1-6(15)7(5-14)18-9(4-11)13-3-2-8(16)12-10(13)17/h2-3,6-7,9,14-15H,4-5H2,1H3,(H,12,16,17)/t6-,7+,9?/m0/s1. The maximum Gasteiger partial charge on any atom is 0.330 e. The molecule has 0 aliphatic rings. The van der Waals surface area contributed by atoms with Crippen molar-refractivity contribution < 1.29 is 19.3 Å². The molecule has 8 heteroatoms. The molecular weight excluding hydrogens is 247 g/mol. The molecule has 0 amide bonds. The number of aliphatic hydroxyl groups excluding tert-OH is 2. The molecule has 1 aromatic heterocycles. The monoisotopic (exact) mass is 262 g/mol. The Morgan fingerprint density at radius 2 is 2.22 bits per heavy atom. The van der Waals surface area contributed by atoms with Gasteiger partial charge in [-0.1, -0.05) is 0 Å². The van der Waals surface area contributed by atoms with Crippen molar-refractivity contribution in [2.45, 2.75) is 25.4 Å². The highest BCUT2D eigenvalue weighted by molar-refractivity contribution is 4.84. The van der Waals surface area contributed by atoms with Crippen LogP contribution in [-0.4, -0.2) is 45.3 Å². The minimum absolute atomic E-state index is 0.522. The molecule has 1 aromatic rings. The number of hydrogen-bond donors (Lipinski definition) is 3. The molecule has 0 spiro atoms. The normalized spacial score (nSPS) is 16.2. The summed E-state index contributed by atoms with van der Waals surface area (Å²) in [6.07, 6.45) is -2.28. The van der Waals surface area contributed by atoms with Crippen molar-refractivity contribution in [3.05, 3.63) is 33.1 Å². The third kappa shape index (κ3) is 3.49. The molecule has 0 aliphatic heterocycles. The smallest absolute Gasteiger partial charge is 0.330 e. The van der Waals surface area contributed by atoms with Gasteiger partial charge in [-0.3, -0.25) is 14.3 Å². The summed E-state index contributed by atoms with van der Waals surface area (Å²) in [5, 5.41) is 18.2. The molecule has 7 nitrogen and oxygen atoms in total. The van der Waals surface area contributed by atoms with Crippen molar-refractivity contribution >= 4 is 0 Å². The number of aromatic amines is 1. The summed E-state index contributed by atoms with van der Waals surface area (Å²) in [6, 6.07) is 1.05. The Kier molecular flexibility index (Phi) is 5.20. The van der Waals surface area contributed by atoms with E-state index in [1.165, 1.54) is 6.92 Å². The number of nitrogens with one attached hydrogen (secondary N) is 1. The highest BCUT2D eigenvalue weighted by Crippen LogP contribution is 2.11. The molecule has 0 saturated heterocycles. The Balaban J connectivity index is 2.96. The van der Waals surface area contributed by atoms with Crippen LogP contribution < -0.4 is 11.2 Å². The Bertz CT molecular complexity index is 484. The lowest BCUT2D eigenvalue weighted by Gasteiger charge is -2.24. The van der Waals surface area contributed by atoms with Gasteiger partial charge in [0.05, 0.1) is 12.7 Å². The number of ether oxygens (including phenoxy) is 1. The minimum atomic E-state index is -1.32. The second-order valence-electron chi connectivity index (χ2n) is 3.72. The van der Waals surface area contributed by atoms with Gasteiger partial charge in [0.25, 0.3) is 5.56 Å². The molecule has 3 atom stereocenters. The van der Waals surface area contributed by atoms with E-state index in [1.54, 1.807) is 0 Å². The van der Waals surface area contributed by atoms with Gasteiger partial charge in [0.2, 0.25) is 0 Å². The SMILES string of the molecule is C[C@H](O)[C@@H](CO)OC(CF)n1ccc(=O)[nH]c1=O. The van der Waals surface area contributed by atoms with Gasteiger partial charge in [-0.05, 0) is 6.92 Å². The Hall–Kier alpha value is -1.51. The lowest BCUT2D eigenvalue weighted by Crippen LogP contribution is -2.38. The summed E-state index contributed by atoms with van der Waals surface area (Å²) in [6.45, 7) is -0.201. The maximum atomic E-state index is 12.8. The van der Waals surface area contributed by atoms with Crippen LogP contribution in [0.15, 0.2) is 21.9 Å². The summed E-state index contributed by atoms with van der Waals surface area (Å²) in [5.41, 5.74) is -1.43.